The Morgan fingerprint density at radius 3 is 2.18 bits per heavy atom. The zero-order valence-corrected chi connectivity index (χ0v) is 15.2. The third-order valence-electron chi connectivity index (χ3n) is 4.78. The molecule has 0 saturated heterocycles. The first-order chi connectivity index (χ1) is 13.6. The molecule has 0 spiro atoms. The predicted octanol–water partition coefficient (Wildman–Crippen LogP) is 4.55. The summed E-state index contributed by atoms with van der Waals surface area (Å²) >= 11 is 0. The van der Waals surface area contributed by atoms with Gasteiger partial charge >= 0.3 is 5.97 Å². The summed E-state index contributed by atoms with van der Waals surface area (Å²) in [5, 5.41) is 9.96. The summed E-state index contributed by atoms with van der Waals surface area (Å²) < 4.78 is 2.02. The summed E-state index contributed by atoms with van der Waals surface area (Å²) in [5.41, 5.74) is 3.95. The molecule has 4 aromatic rings. The van der Waals surface area contributed by atoms with Gasteiger partial charge in [0.05, 0.1) is 6.42 Å². The molecule has 0 saturated carbocycles. The van der Waals surface area contributed by atoms with Gasteiger partial charge in [-0.05, 0) is 17.2 Å². The highest BCUT2D eigenvalue weighted by Gasteiger charge is 2.17. The van der Waals surface area contributed by atoms with Crippen LogP contribution >= 0.6 is 0 Å². The molecule has 0 radical (unpaired) electrons. The lowest BCUT2D eigenvalue weighted by Crippen LogP contribution is -2.01. The van der Waals surface area contributed by atoms with Crippen LogP contribution < -0.4 is 0 Å². The lowest BCUT2D eigenvalue weighted by atomic mass is 10.0. The van der Waals surface area contributed by atoms with E-state index in [0.29, 0.717) is 23.2 Å². The van der Waals surface area contributed by atoms with Crippen LogP contribution in [0.15, 0.2) is 85.1 Å². The number of aromatic nitrogens is 1. The van der Waals surface area contributed by atoms with Crippen molar-refractivity contribution in [3.05, 3.63) is 107 Å². The van der Waals surface area contributed by atoms with Crippen LogP contribution in [0.4, 0.5) is 0 Å². The summed E-state index contributed by atoms with van der Waals surface area (Å²) in [5.74, 6) is -0.913. The Kier molecular flexibility index (Phi) is 4.77. The molecule has 28 heavy (non-hydrogen) atoms. The van der Waals surface area contributed by atoms with E-state index < -0.39 is 5.97 Å². The van der Waals surface area contributed by atoms with Crippen LogP contribution in [0.1, 0.15) is 27.0 Å². The normalized spacial score (nSPS) is 10.9. The Balaban J connectivity index is 1.83. The van der Waals surface area contributed by atoms with Gasteiger partial charge in [-0.15, -0.1) is 0 Å². The third-order valence-corrected chi connectivity index (χ3v) is 4.78. The van der Waals surface area contributed by atoms with E-state index in [1.54, 1.807) is 6.07 Å². The average molecular weight is 369 g/mol. The topological polar surface area (TPSA) is 59.3 Å². The van der Waals surface area contributed by atoms with Gasteiger partial charge in [-0.2, -0.15) is 0 Å². The maximum atomic E-state index is 13.1. The maximum Gasteiger partial charge on any atom is 0.307 e. The second kappa shape index (κ2) is 7.53. The monoisotopic (exact) mass is 369 g/mol. The van der Waals surface area contributed by atoms with E-state index in [1.165, 1.54) is 0 Å². The molecular formula is C24H19NO3. The number of aliphatic carboxylic acids is 1. The number of hydrogen-bond acceptors (Lipinski definition) is 2. The summed E-state index contributed by atoms with van der Waals surface area (Å²) in [6, 6.07) is 24.7. The van der Waals surface area contributed by atoms with Crippen molar-refractivity contribution in [2.45, 2.75) is 13.0 Å². The molecule has 4 nitrogen and oxygen atoms in total. The molecule has 0 aliphatic carbocycles. The molecule has 138 valence electrons. The minimum Gasteiger partial charge on any atom is -0.481 e. The van der Waals surface area contributed by atoms with Crippen molar-refractivity contribution < 1.29 is 14.7 Å². The number of hydrogen-bond donors (Lipinski definition) is 1. The van der Waals surface area contributed by atoms with Gasteiger partial charge in [-0.3, -0.25) is 9.59 Å². The first-order valence-electron chi connectivity index (χ1n) is 9.09. The molecule has 0 aliphatic rings. The number of carboxylic acids is 1. The molecule has 1 N–H and O–H groups in total. The van der Waals surface area contributed by atoms with Gasteiger partial charge in [0.2, 0.25) is 0 Å². The highest BCUT2D eigenvalue weighted by molar-refractivity contribution is 6.16. The quantitative estimate of drug-likeness (QED) is 0.507. The van der Waals surface area contributed by atoms with E-state index >= 15 is 0 Å². The van der Waals surface area contributed by atoms with Crippen LogP contribution in [0.5, 0.6) is 0 Å². The van der Waals surface area contributed by atoms with Crippen molar-refractivity contribution in [1.82, 2.24) is 4.57 Å². The number of ketones is 1. The van der Waals surface area contributed by atoms with Crippen LogP contribution in [-0.2, 0) is 17.8 Å². The highest BCUT2D eigenvalue weighted by atomic mass is 16.4. The maximum absolute atomic E-state index is 13.1. The van der Waals surface area contributed by atoms with Crippen LogP contribution in [0.3, 0.4) is 0 Å². The molecule has 3 aromatic carbocycles. The Labute approximate surface area is 162 Å². The highest BCUT2D eigenvalue weighted by Crippen LogP contribution is 2.26. The van der Waals surface area contributed by atoms with Gasteiger partial charge < -0.3 is 9.67 Å². The lowest BCUT2D eigenvalue weighted by Gasteiger charge is -2.06. The molecule has 0 bridgehead atoms. The Morgan fingerprint density at radius 1 is 0.821 bits per heavy atom. The minimum atomic E-state index is -0.874. The van der Waals surface area contributed by atoms with E-state index in [0.717, 1.165) is 16.5 Å². The van der Waals surface area contributed by atoms with E-state index in [-0.39, 0.29) is 12.2 Å². The standard InChI is InChI=1S/C24H19NO3/c26-23(27)14-18-11-12-20-21(24(28)19-9-5-2-6-10-19)16-25(22(20)13-18)15-17-7-3-1-4-8-17/h1-13,16H,14-15H2,(H,26,27). The lowest BCUT2D eigenvalue weighted by molar-refractivity contribution is -0.136. The molecule has 4 heteroatoms. The smallest absolute Gasteiger partial charge is 0.307 e. The second-order valence-corrected chi connectivity index (χ2v) is 6.77. The predicted molar refractivity (Wildman–Crippen MR) is 109 cm³/mol. The molecule has 4 rings (SSSR count). The zero-order valence-electron chi connectivity index (χ0n) is 15.2. The van der Waals surface area contributed by atoms with Gasteiger partial charge in [0.15, 0.2) is 5.78 Å². The van der Waals surface area contributed by atoms with Gasteiger partial charge in [-0.25, -0.2) is 0 Å². The van der Waals surface area contributed by atoms with Gasteiger partial charge in [-0.1, -0.05) is 72.8 Å². The zero-order chi connectivity index (χ0) is 19.5. The second-order valence-electron chi connectivity index (χ2n) is 6.77. The number of benzene rings is 3. The van der Waals surface area contributed by atoms with Crippen LogP contribution in [0.25, 0.3) is 10.9 Å². The van der Waals surface area contributed by atoms with Crippen molar-refractivity contribution in [3.63, 3.8) is 0 Å². The molecular weight excluding hydrogens is 350 g/mol. The van der Waals surface area contributed by atoms with E-state index in [1.807, 2.05) is 83.6 Å². The first kappa shape index (κ1) is 17.7. The number of rotatable bonds is 6. The van der Waals surface area contributed by atoms with Gasteiger partial charge in [0.25, 0.3) is 0 Å². The van der Waals surface area contributed by atoms with Crippen LogP contribution in [-0.4, -0.2) is 21.4 Å². The van der Waals surface area contributed by atoms with Crippen molar-refractivity contribution >= 4 is 22.7 Å². The van der Waals surface area contributed by atoms with Crippen molar-refractivity contribution in [1.29, 1.82) is 0 Å². The van der Waals surface area contributed by atoms with Crippen LogP contribution in [0, 0.1) is 0 Å². The largest absolute Gasteiger partial charge is 0.481 e. The van der Waals surface area contributed by atoms with Crippen molar-refractivity contribution in [2.24, 2.45) is 0 Å². The SMILES string of the molecule is O=C(O)Cc1ccc2c(C(=O)c3ccccc3)cn(Cc3ccccc3)c2c1. The number of fused-ring (bicyclic) bond motifs is 1. The van der Waals surface area contributed by atoms with Crippen molar-refractivity contribution in [2.75, 3.05) is 0 Å². The molecule has 0 atom stereocenters. The van der Waals surface area contributed by atoms with E-state index in [9.17, 15) is 9.59 Å². The number of nitrogens with zero attached hydrogens (tertiary/aromatic N) is 1. The molecule has 0 unspecified atom stereocenters. The summed E-state index contributed by atoms with van der Waals surface area (Å²) in [6.07, 6.45) is 1.83. The molecule has 0 fully saturated rings. The minimum absolute atomic E-state index is 0.0385. The average Bonchev–Trinajstić information content (AvgIpc) is 3.06. The fourth-order valence-electron chi connectivity index (χ4n) is 3.46. The Hall–Kier alpha value is -3.66. The number of carbonyl (C=O) groups is 2. The number of carboxylic acid groups (broad SMARTS) is 1. The third kappa shape index (κ3) is 3.58. The summed E-state index contributed by atoms with van der Waals surface area (Å²) in [6.45, 7) is 0.607. The fourth-order valence-corrected chi connectivity index (χ4v) is 3.46. The molecule has 0 amide bonds. The van der Waals surface area contributed by atoms with E-state index in [2.05, 4.69) is 0 Å². The van der Waals surface area contributed by atoms with Crippen LogP contribution in [0.2, 0.25) is 0 Å². The number of carbonyl (C=O) groups excluding carboxylic acids is 1. The Bertz CT molecular complexity index is 1140. The fraction of sp³-hybridized carbons (Fsp3) is 0.0833. The molecule has 1 aromatic heterocycles. The molecule has 1 heterocycles. The van der Waals surface area contributed by atoms with E-state index in [4.69, 9.17) is 5.11 Å². The summed E-state index contributed by atoms with van der Waals surface area (Å²) in [7, 11) is 0. The van der Waals surface area contributed by atoms with Gasteiger partial charge in [0.1, 0.15) is 0 Å². The first-order valence-corrected chi connectivity index (χ1v) is 9.09. The van der Waals surface area contributed by atoms with Crippen molar-refractivity contribution in [3.8, 4) is 0 Å². The van der Waals surface area contributed by atoms with Gasteiger partial charge in [0, 0.05) is 34.8 Å². The molecule has 0 aliphatic heterocycles. The Morgan fingerprint density at radius 2 is 1.50 bits per heavy atom. The summed E-state index contributed by atoms with van der Waals surface area (Å²) in [4.78, 5) is 24.2.